The molecule has 0 radical (unpaired) electrons. The molecule has 2 heterocycles. The summed E-state index contributed by atoms with van der Waals surface area (Å²) in [5, 5.41) is 0. The molecule has 0 atom stereocenters. The molecule has 1 aromatic rings. The number of nitrogens with zero attached hydrogens (tertiary/aromatic N) is 3. The van der Waals surface area contributed by atoms with Crippen LogP contribution in [-0.2, 0) is 21.9 Å². The second-order valence-corrected chi connectivity index (χ2v) is 7.12. The monoisotopic (exact) mass is 329 g/mol. The van der Waals surface area contributed by atoms with E-state index < -0.39 is 21.8 Å². The van der Waals surface area contributed by atoms with Crippen molar-refractivity contribution in [1.29, 1.82) is 0 Å². The first-order valence-corrected chi connectivity index (χ1v) is 8.13. The van der Waals surface area contributed by atoms with Crippen molar-refractivity contribution >= 4 is 21.8 Å². The average molecular weight is 329 g/mol. The summed E-state index contributed by atoms with van der Waals surface area (Å²) < 4.78 is 27.8. The fourth-order valence-electron chi connectivity index (χ4n) is 2.42. The van der Waals surface area contributed by atoms with Gasteiger partial charge in [0.15, 0.2) is 0 Å². The summed E-state index contributed by atoms with van der Waals surface area (Å²) in [6.07, 6.45) is 1.37. The smallest absolute Gasteiger partial charge is 0.265 e. The molecule has 0 bridgehead atoms. The van der Waals surface area contributed by atoms with Crippen LogP contribution in [0.3, 0.4) is 0 Å². The van der Waals surface area contributed by atoms with Crippen molar-refractivity contribution in [3.8, 4) is 0 Å². The maximum absolute atomic E-state index is 12.6. The molecule has 1 aromatic heterocycles. The molecule has 0 saturated carbocycles. The van der Waals surface area contributed by atoms with Crippen molar-refractivity contribution in [3.63, 3.8) is 0 Å². The molecule has 9 nitrogen and oxygen atoms in total. The first-order valence-electron chi connectivity index (χ1n) is 6.69. The van der Waals surface area contributed by atoms with E-state index in [1.807, 2.05) is 0 Å². The van der Waals surface area contributed by atoms with Gasteiger partial charge >= 0.3 is 0 Å². The Morgan fingerprint density at radius 2 is 1.77 bits per heavy atom. The lowest BCUT2D eigenvalue weighted by molar-refractivity contribution is -0.119. The van der Waals surface area contributed by atoms with Gasteiger partial charge in [-0.1, -0.05) is 0 Å². The number of primary amides is 2. The highest BCUT2D eigenvalue weighted by molar-refractivity contribution is 7.89. The fourth-order valence-corrected chi connectivity index (χ4v) is 3.91. The number of nitrogens with two attached hydrogens (primary N) is 2. The Morgan fingerprint density at radius 1 is 1.18 bits per heavy atom. The van der Waals surface area contributed by atoms with Gasteiger partial charge < -0.3 is 16.0 Å². The Labute approximate surface area is 128 Å². The van der Waals surface area contributed by atoms with Gasteiger partial charge in [0.05, 0.1) is 6.54 Å². The van der Waals surface area contributed by atoms with Gasteiger partial charge in [-0.15, -0.1) is 0 Å². The second kappa shape index (κ2) is 6.07. The SMILES string of the molecule is Cn1cc(S(=O)(=O)N2CCN(CC(N)=O)CC2)cc1C(N)=O. The molecule has 1 aliphatic heterocycles. The molecule has 0 aliphatic carbocycles. The standard InChI is InChI=1S/C12H19N5O4S/c1-15-7-9(6-10(15)12(14)19)22(20,21)17-4-2-16(3-5-17)8-11(13)18/h6-7H,2-5,8H2,1H3,(H2,13,18)(H2,14,19). The van der Waals surface area contributed by atoms with Crippen LogP contribution in [-0.4, -0.2) is 66.7 Å². The van der Waals surface area contributed by atoms with Gasteiger partial charge in [-0.05, 0) is 6.07 Å². The van der Waals surface area contributed by atoms with E-state index in [0.29, 0.717) is 13.1 Å². The summed E-state index contributed by atoms with van der Waals surface area (Å²) in [5.74, 6) is -1.12. The number of carbonyl (C=O) groups excluding carboxylic acids is 2. The zero-order chi connectivity index (χ0) is 16.5. The molecule has 122 valence electrons. The van der Waals surface area contributed by atoms with Crippen molar-refractivity contribution in [2.75, 3.05) is 32.7 Å². The van der Waals surface area contributed by atoms with E-state index in [2.05, 4.69) is 0 Å². The average Bonchev–Trinajstić information content (AvgIpc) is 2.81. The third-order valence-electron chi connectivity index (χ3n) is 3.58. The first kappa shape index (κ1) is 16.5. The molecule has 2 rings (SSSR count). The lowest BCUT2D eigenvalue weighted by atomic mass is 10.3. The number of sulfonamides is 1. The van der Waals surface area contributed by atoms with E-state index in [1.165, 1.54) is 21.1 Å². The minimum atomic E-state index is -3.69. The van der Waals surface area contributed by atoms with Crippen molar-refractivity contribution in [2.24, 2.45) is 18.5 Å². The molecular formula is C12H19N5O4S. The second-order valence-electron chi connectivity index (χ2n) is 5.18. The highest BCUT2D eigenvalue weighted by Crippen LogP contribution is 2.19. The van der Waals surface area contributed by atoms with Crippen LogP contribution in [0.1, 0.15) is 10.5 Å². The quantitative estimate of drug-likeness (QED) is 0.639. The number of hydrogen-bond donors (Lipinski definition) is 2. The molecule has 4 N–H and O–H groups in total. The molecular weight excluding hydrogens is 310 g/mol. The minimum Gasteiger partial charge on any atom is -0.369 e. The molecule has 1 saturated heterocycles. The topological polar surface area (TPSA) is 132 Å². The number of rotatable bonds is 5. The van der Waals surface area contributed by atoms with E-state index in [-0.39, 0.29) is 30.2 Å². The normalized spacial score (nSPS) is 17.5. The van der Waals surface area contributed by atoms with Gasteiger partial charge in [-0.2, -0.15) is 4.31 Å². The molecule has 0 spiro atoms. The van der Waals surface area contributed by atoms with Crippen LogP contribution in [0.5, 0.6) is 0 Å². The van der Waals surface area contributed by atoms with Gasteiger partial charge in [0.2, 0.25) is 15.9 Å². The maximum atomic E-state index is 12.6. The summed E-state index contributed by atoms with van der Waals surface area (Å²) in [7, 11) is -2.13. The van der Waals surface area contributed by atoms with Gasteiger partial charge in [0.25, 0.3) is 5.91 Å². The van der Waals surface area contributed by atoms with Crippen LogP contribution >= 0.6 is 0 Å². The first-order chi connectivity index (χ1) is 10.2. The third-order valence-corrected chi connectivity index (χ3v) is 5.44. The molecule has 0 aromatic carbocycles. The van der Waals surface area contributed by atoms with E-state index in [4.69, 9.17) is 11.5 Å². The van der Waals surface area contributed by atoms with Gasteiger partial charge in [-0.25, -0.2) is 8.42 Å². The highest BCUT2D eigenvalue weighted by atomic mass is 32.2. The van der Waals surface area contributed by atoms with Crippen LogP contribution < -0.4 is 11.5 Å². The van der Waals surface area contributed by atoms with E-state index in [9.17, 15) is 18.0 Å². The molecule has 2 amide bonds. The van der Waals surface area contributed by atoms with Crippen LogP contribution in [0.4, 0.5) is 0 Å². The van der Waals surface area contributed by atoms with Crippen LogP contribution in [0.25, 0.3) is 0 Å². The number of carbonyl (C=O) groups is 2. The summed E-state index contributed by atoms with van der Waals surface area (Å²) >= 11 is 0. The molecule has 10 heteroatoms. The summed E-state index contributed by atoms with van der Waals surface area (Å²) in [5.41, 5.74) is 10.4. The van der Waals surface area contributed by atoms with Gasteiger partial charge in [0.1, 0.15) is 10.6 Å². The van der Waals surface area contributed by atoms with E-state index in [1.54, 1.807) is 11.9 Å². The van der Waals surface area contributed by atoms with Gasteiger partial charge in [0, 0.05) is 39.4 Å². The van der Waals surface area contributed by atoms with E-state index >= 15 is 0 Å². The molecule has 1 fully saturated rings. The molecule has 0 unspecified atom stereocenters. The Morgan fingerprint density at radius 3 is 2.23 bits per heavy atom. The van der Waals surface area contributed by atoms with Crippen molar-refractivity contribution < 1.29 is 18.0 Å². The van der Waals surface area contributed by atoms with Crippen molar-refractivity contribution in [2.45, 2.75) is 4.90 Å². The Hall–Kier alpha value is -1.91. The maximum Gasteiger partial charge on any atom is 0.265 e. The number of aromatic nitrogens is 1. The van der Waals surface area contributed by atoms with Gasteiger partial charge in [-0.3, -0.25) is 14.5 Å². The predicted octanol–water partition coefficient (Wildman–Crippen LogP) is -2.08. The third kappa shape index (κ3) is 3.29. The Kier molecular flexibility index (Phi) is 4.54. The summed E-state index contributed by atoms with van der Waals surface area (Å²) in [4.78, 5) is 23.9. The molecule has 22 heavy (non-hydrogen) atoms. The van der Waals surface area contributed by atoms with Crippen LogP contribution in [0.15, 0.2) is 17.2 Å². The van der Waals surface area contributed by atoms with Crippen molar-refractivity contribution in [3.05, 3.63) is 18.0 Å². The zero-order valence-corrected chi connectivity index (χ0v) is 13.0. The number of amides is 2. The predicted molar refractivity (Wildman–Crippen MR) is 78.3 cm³/mol. The summed E-state index contributed by atoms with van der Waals surface area (Å²) in [6.45, 7) is 1.49. The number of aryl methyl sites for hydroxylation is 1. The summed E-state index contributed by atoms with van der Waals surface area (Å²) in [6, 6.07) is 1.27. The lowest BCUT2D eigenvalue weighted by Crippen LogP contribution is -2.50. The number of hydrogen-bond acceptors (Lipinski definition) is 5. The fraction of sp³-hybridized carbons (Fsp3) is 0.500. The van der Waals surface area contributed by atoms with E-state index in [0.717, 1.165) is 0 Å². The van der Waals surface area contributed by atoms with Crippen LogP contribution in [0, 0.1) is 0 Å². The number of piperazine rings is 1. The lowest BCUT2D eigenvalue weighted by Gasteiger charge is -2.32. The van der Waals surface area contributed by atoms with Crippen LogP contribution in [0.2, 0.25) is 0 Å². The van der Waals surface area contributed by atoms with Crippen molar-refractivity contribution in [1.82, 2.24) is 13.8 Å². The highest BCUT2D eigenvalue weighted by Gasteiger charge is 2.30. The Bertz CT molecular complexity index is 688. The molecule has 1 aliphatic rings. The minimum absolute atomic E-state index is 0.0344. The Balaban J connectivity index is 2.13. The zero-order valence-electron chi connectivity index (χ0n) is 12.2. The largest absolute Gasteiger partial charge is 0.369 e.